The number of thiophene rings is 1. The number of hydrogen-bond donors (Lipinski definition) is 0. The first kappa shape index (κ1) is 16.0. The van der Waals surface area contributed by atoms with Gasteiger partial charge in [0.05, 0.1) is 8.66 Å². The van der Waals surface area contributed by atoms with E-state index in [9.17, 15) is 9.59 Å². The lowest BCUT2D eigenvalue weighted by Crippen LogP contribution is -2.45. The summed E-state index contributed by atoms with van der Waals surface area (Å²) in [4.78, 5) is 29.6. The standard InChI is InChI=1S/C16H21BrN2O2S/c17-14-5-4-13(22-14)16(21)19-10-6-12(7-11-19)15(20)18-8-2-1-3-9-18/h4-5,12H,1-3,6-11H2. The Labute approximate surface area is 143 Å². The van der Waals surface area contributed by atoms with Crippen LogP contribution in [0.4, 0.5) is 0 Å². The minimum absolute atomic E-state index is 0.0968. The summed E-state index contributed by atoms with van der Waals surface area (Å²) in [5.41, 5.74) is 0. The van der Waals surface area contributed by atoms with Gasteiger partial charge in [0.1, 0.15) is 0 Å². The number of carbonyl (C=O) groups excluding carboxylic acids is 2. The molecule has 0 aliphatic carbocycles. The van der Waals surface area contributed by atoms with Gasteiger partial charge in [-0.3, -0.25) is 9.59 Å². The van der Waals surface area contributed by atoms with Gasteiger partial charge in [0.2, 0.25) is 5.91 Å². The van der Waals surface area contributed by atoms with Gasteiger partial charge in [0.15, 0.2) is 0 Å². The number of carbonyl (C=O) groups is 2. The summed E-state index contributed by atoms with van der Waals surface area (Å²) in [5, 5.41) is 0. The fourth-order valence-corrected chi connectivity index (χ4v) is 4.64. The lowest BCUT2D eigenvalue weighted by atomic mass is 9.94. The quantitative estimate of drug-likeness (QED) is 0.783. The van der Waals surface area contributed by atoms with Crippen LogP contribution < -0.4 is 0 Å². The normalized spacial score (nSPS) is 20.2. The molecule has 4 nitrogen and oxygen atoms in total. The summed E-state index contributed by atoms with van der Waals surface area (Å²) in [6.07, 6.45) is 5.11. The molecule has 0 atom stereocenters. The molecule has 2 saturated heterocycles. The molecule has 2 fully saturated rings. The van der Waals surface area contributed by atoms with Crippen LogP contribution in [0.25, 0.3) is 0 Å². The molecule has 0 bridgehead atoms. The number of amides is 2. The van der Waals surface area contributed by atoms with Gasteiger partial charge >= 0.3 is 0 Å². The van der Waals surface area contributed by atoms with E-state index in [2.05, 4.69) is 15.9 Å². The van der Waals surface area contributed by atoms with Crippen molar-refractivity contribution in [2.45, 2.75) is 32.1 Å². The van der Waals surface area contributed by atoms with E-state index in [1.807, 2.05) is 21.9 Å². The second kappa shape index (κ2) is 7.13. The Morgan fingerprint density at radius 2 is 1.68 bits per heavy atom. The van der Waals surface area contributed by atoms with Crippen molar-refractivity contribution in [1.82, 2.24) is 9.80 Å². The minimum atomic E-state index is 0.0968. The average molecular weight is 385 g/mol. The smallest absolute Gasteiger partial charge is 0.263 e. The van der Waals surface area contributed by atoms with Crippen molar-refractivity contribution in [3.8, 4) is 0 Å². The molecular weight excluding hydrogens is 364 g/mol. The first-order valence-corrected chi connectivity index (χ1v) is 9.59. The van der Waals surface area contributed by atoms with Crippen LogP contribution in [-0.4, -0.2) is 47.8 Å². The number of halogens is 1. The Balaban J connectivity index is 1.53. The molecule has 3 heterocycles. The van der Waals surface area contributed by atoms with E-state index >= 15 is 0 Å². The molecular formula is C16H21BrN2O2S. The van der Waals surface area contributed by atoms with E-state index in [1.165, 1.54) is 17.8 Å². The lowest BCUT2D eigenvalue weighted by Gasteiger charge is -2.35. The monoisotopic (exact) mass is 384 g/mol. The van der Waals surface area contributed by atoms with E-state index in [-0.39, 0.29) is 11.8 Å². The van der Waals surface area contributed by atoms with Crippen LogP contribution >= 0.6 is 27.3 Å². The van der Waals surface area contributed by atoms with Crippen molar-refractivity contribution >= 4 is 39.1 Å². The molecule has 0 aromatic carbocycles. The summed E-state index contributed by atoms with van der Waals surface area (Å²) in [6, 6.07) is 3.77. The third-order valence-corrected chi connectivity index (χ3v) is 6.19. The zero-order valence-electron chi connectivity index (χ0n) is 12.6. The third kappa shape index (κ3) is 3.54. The van der Waals surface area contributed by atoms with Crippen LogP contribution in [0, 0.1) is 5.92 Å². The zero-order chi connectivity index (χ0) is 15.5. The minimum Gasteiger partial charge on any atom is -0.342 e. The van der Waals surface area contributed by atoms with E-state index in [0.717, 1.165) is 47.4 Å². The molecule has 22 heavy (non-hydrogen) atoms. The van der Waals surface area contributed by atoms with Crippen LogP contribution in [0.3, 0.4) is 0 Å². The molecule has 2 aliphatic rings. The number of nitrogens with zero attached hydrogens (tertiary/aromatic N) is 2. The first-order chi connectivity index (χ1) is 10.6. The zero-order valence-corrected chi connectivity index (χ0v) is 15.0. The van der Waals surface area contributed by atoms with Crippen LogP contribution in [0.2, 0.25) is 0 Å². The van der Waals surface area contributed by atoms with Gasteiger partial charge in [-0.25, -0.2) is 0 Å². The van der Waals surface area contributed by atoms with Crippen molar-refractivity contribution < 1.29 is 9.59 Å². The summed E-state index contributed by atoms with van der Waals surface area (Å²) < 4.78 is 0.978. The van der Waals surface area contributed by atoms with Gasteiger partial charge in [-0.1, -0.05) is 0 Å². The largest absolute Gasteiger partial charge is 0.342 e. The SMILES string of the molecule is O=C(c1ccc(Br)s1)N1CCC(C(=O)N2CCCCC2)CC1. The molecule has 2 aliphatic heterocycles. The average Bonchev–Trinajstić information content (AvgIpc) is 3.01. The van der Waals surface area contributed by atoms with Crippen LogP contribution in [0.5, 0.6) is 0 Å². The van der Waals surface area contributed by atoms with Crippen molar-refractivity contribution in [3.63, 3.8) is 0 Å². The van der Waals surface area contributed by atoms with E-state index in [1.54, 1.807) is 0 Å². The Morgan fingerprint density at radius 1 is 1.00 bits per heavy atom. The molecule has 0 radical (unpaired) electrons. The molecule has 3 rings (SSSR count). The Morgan fingerprint density at radius 3 is 2.27 bits per heavy atom. The Hall–Kier alpha value is -0.880. The second-order valence-corrected chi connectivity index (χ2v) is 8.52. The van der Waals surface area contributed by atoms with Gasteiger partial charge in [-0.2, -0.15) is 0 Å². The van der Waals surface area contributed by atoms with E-state index < -0.39 is 0 Å². The highest BCUT2D eigenvalue weighted by atomic mass is 79.9. The predicted octanol–water partition coefficient (Wildman–Crippen LogP) is 3.38. The van der Waals surface area contributed by atoms with Crippen molar-refractivity contribution in [3.05, 3.63) is 20.8 Å². The maximum Gasteiger partial charge on any atom is 0.263 e. The van der Waals surface area contributed by atoms with Gasteiger partial charge in [0.25, 0.3) is 5.91 Å². The topological polar surface area (TPSA) is 40.6 Å². The molecule has 0 saturated carbocycles. The third-order valence-electron chi connectivity index (χ3n) is 4.58. The van der Waals surface area contributed by atoms with Crippen molar-refractivity contribution in [2.75, 3.05) is 26.2 Å². The summed E-state index contributed by atoms with van der Waals surface area (Å²) >= 11 is 4.86. The molecule has 0 spiro atoms. The van der Waals surface area contributed by atoms with E-state index in [0.29, 0.717) is 19.0 Å². The summed E-state index contributed by atoms with van der Waals surface area (Å²) in [6.45, 7) is 3.22. The number of likely N-dealkylation sites (tertiary alicyclic amines) is 2. The summed E-state index contributed by atoms with van der Waals surface area (Å²) in [5.74, 6) is 0.516. The summed E-state index contributed by atoms with van der Waals surface area (Å²) in [7, 11) is 0. The van der Waals surface area contributed by atoms with Gasteiger partial charge in [0, 0.05) is 32.1 Å². The molecule has 120 valence electrons. The fourth-order valence-electron chi connectivity index (χ4n) is 3.29. The highest BCUT2D eigenvalue weighted by molar-refractivity contribution is 9.11. The molecule has 2 amide bonds. The maximum absolute atomic E-state index is 12.5. The fraction of sp³-hybridized carbons (Fsp3) is 0.625. The number of piperidine rings is 2. The molecule has 1 aromatic rings. The van der Waals surface area contributed by atoms with Crippen molar-refractivity contribution in [1.29, 1.82) is 0 Å². The van der Waals surface area contributed by atoms with Crippen molar-refractivity contribution in [2.24, 2.45) is 5.92 Å². The number of hydrogen-bond acceptors (Lipinski definition) is 3. The highest BCUT2D eigenvalue weighted by Crippen LogP contribution is 2.26. The van der Waals surface area contributed by atoms with Gasteiger partial charge < -0.3 is 9.80 Å². The van der Waals surface area contributed by atoms with Gasteiger partial charge in [-0.05, 0) is 60.2 Å². The van der Waals surface area contributed by atoms with Crippen LogP contribution in [0.1, 0.15) is 41.8 Å². The molecule has 0 N–H and O–H groups in total. The Kier molecular flexibility index (Phi) is 5.18. The van der Waals surface area contributed by atoms with Crippen LogP contribution in [-0.2, 0) is 4.79 Å². The van der Waals surface area contributed by atoms with Crippen LogP contribution in [0.15, 0.2) is 15.9 Å². The first-order valence-electron chi connectivity index (χ1n) is 7.98. The highest BCUT2D eigenvalue weighted by Gasteiger charge is 2.31. The Bertz CT molecular complexity index is 546. The molecule has 0 unspecified atom stereocenters. The maximum atomic E-state index is 12.5. The van der Waals surface area contributed by atoms with Gasteiger partial charge in [-0.15, -0.1) is 11.3 Å². The molecule has 6 heteroatoms. The van der Waals surface area contributed by atoms with E-state index in [4.69, 9.17) is 0 Å². The number of rotatable bonds is 2. The predicted molar refractivity (Wildman–Crippen MR) is 91.1 cm³/mol. The molecule has 1 aromatic heterocycles. The lowest BCUT2D eigenvalue weighted by molar-refractivity contribution is -0.137. The second-order valence-electron chi connectivity index (χ2n) is 6.06.